The number of hydrogen-bond acceptors (Lipinski definition) is 2. The van der Waals surface area contributed by atoms with Gasteiger partial charge in [0, 0.05) is 0 Å². The molecule has 0 aliphatic heterocycles. The van der Waals surface area contributed by atoms with E-state index in [4.69, 9.17) is 10.5 Å². The summed E-state index contributed by atoms with van der Waals surface area (Å²) in [6.45, 7) is 0.685. The van der Waals surface area contributed by atoms with Crippen LogP contribution in [0.4, 0.5) is 0 Å². The van der Waals surface area contributed by atoms with E-state index in [0.717, 1.165) is 12.2 Å². The van der Waals surface area contributed by atoms with Crippen LogP contribution in [0.25, 0.3) is 0 Å². The first kappa shape index (κ1) is 8.08. The molecule has 0 fully saturated rings. The second kappa shape index (κ2) is 3.98. The van der Waals surface area contributed by atoms with E-state index < -0.39 is 0 Å². The highest BCUT2D eigenvalue weighted by Gasteiger charge is 1.91. The normalized spacial score (nSPS) is 9.64. The zero-order valence-corrected chi connectivity index (χ0v) is 6.42. The minimum Gasteiger partial charge on any atom is -0.490 e. The van der Waals surface area contributed by atoms with Gasteiger partial charge in [-0.15, -0.1) is 0 Å². The first-order valence-corrected chi connectivity index (χ1v) is 3.58. The molecule has 0 bridgehead atoms. The molecule has 0 heterocycles. The highest BCUT2D eigenvalue weighted by atomic mass is 16.5. The SMILES string of the molecule is [CH2]Oc1ccc(CCN)cc1. The highest BCUT2D eigenvalue weighted by Crippen LogP contribution is 2.11. The standard InChI is InChI=1S/C9H12NO/c1-11-9-4-2-8(3-5-9)6-7-10/h2-5H,1,6-7,10H2. The minimum atomic E-state index is 0.685. The fourth-order valence-electron chi connectivity index (χ4n) is 0.919. The zero-order chi connectivity index (χ0) is 8.10. The molecule has 1 rings (SSSR count). The van der Waals surface area contributed by atoms with Crippen LogP contribution >= 0.6 is 0 Å². The molecule has 2 heteroatoms. The highest BCUT2D eigenvalue weighted by molar-refractivity contribution is 5.27. The Morgan fingerprint density at radius 2 is 1.91 bits per heavy atom. The third-order valence-electron chi connectivity index (χ3n) is 1.52. The van der Waals surface area contributed by atoms with Crippen molar-refractivity contribution in [1.29, 1.82) is 0 Å². The van der Waals surface area contributed by atoms with Gasteiger partial charge in [-0.1, -0.05) is 12.1 Å². The lowest BCUT2D eigenvalue weighted by Crippen LogP contribution is -2.02. The molecule has 1 aromatic carbocycles. The lowest BCUT2D eigenvalue weighted by molar-refractivity contribution is 0.473. The largest absolute Gasteiger partial charge is 0.490 e. The fourth-order valence-corrected chi connectivity index (χ4v) is 0.919. The second-order valence-corrected chi connectivity index (χ2v) is 2.33. The van der Waals surface area contributed by atoms with Crippen molar-refractivity contribution < 1.29 is 4.74 Å². The van der Waals surface area contributed by atoms with Crippen molar-refractivity contribution in [2.45, 2.75) is 6.42 Å². The molecule has 11 heavy (non-hydrogen) atoms. The topological polar surface area (TPSA) is 35.2 Å². The number of ether oxygens (including phenoxy) is 1. The molecular formula is C9H12NO. The van der Waals surface area contributed by atoms with Gasteiger partial charge in [0.1, 0.15) is 12.9 Å². The predicted molar refractivity (Wildman–Crippen MR) is 45.2 cm³/mol. The summed E-state index contributed by atoms with van der Waals surface area (Å²) in [4.78, 5) is 0. The molecule has 1 aromatic rings. The maximum Gasteiger partial charge on any atom is 0.122 e. The van der Waals surface area contributed by atoms with E-state index in [1.165, 1.54) is 5.56 Å². The Labute approximate surface area is 67.0 Å². The molecule has 0 atom stereocenters. The van der Waals surface area contributed by atoms with Gasteiger partial charge in [0.15, 0.2) is 0 Å². The van der Waals surface area contributed by atoms with E-state index in [2.05, 4.69) is 7.11 Å². The lowest BCUT2D eigenvalue weighted by atomic mass is 10.1. The third kappa shape index (κ3) is 2.24. The van der Waals surface area contributed by atoms with E-state index in [9.17, 15) is 0 Å². The van der Waals surface area contributed by atoms with Crippen LogP contribution in [0.3, 0.4) is 0 Å². The molecular weight excluding hydrogens is 138 g/mol. The van der Waals surface area contributed by atoms with Crippen LogP contribution in [0.5, 0.6) is 5.75 Å². The van der Waals surface area contributed by atoms with Crippen molar-refractivity contribution in [3.63, 3.8) is 0 Å². The first-order valence-electron chi connectivity index (χ1n) is 3.58. The number of rotatable bonds is 3. The van der Waals surface area contributed by atoms with E-state index >= 15 is 0 Å². The molecule has 2 N–H and O–H groups in total. The monoisotopic (exact) mass is 150 g/mol. The molecule has 0 amide bonds. The first-order chi connectivity index (χ1) is 5.36. The summed E-state index contributed by atoms with van der Waals surface area (Å²) in [5.74, 6) is 0.783. The van der Waals surface area contributed by atoms with Gasteiger partial charge in [0.05, 0.1) is 0 Å². The van der Waals surface area contributed by atoms with Gasteiger partial charge in [-0.3, -0.25) is 0 Å². The van der Waals surface area contributed by atoms with Crippen LogP contribution in [0.2, 0.25) is 0 Å². The number of hydrogen-bond donors (Lipinski definition) is 1. The molecule has 59 valence electrons. The molecule has 0 saturated carbocycles. The van der Waals surface area contributed by atoms with Gasteiger partial charge in [-0.05, 0) is 30.7 Å². The van der Waals surface area contributed by atoms with Crippen LogP contribution in [0.15, 0.2) is 24.3 Å². The summed E-state index contributed by atoms with van der Waals surface area (Å²) < 4.78 is 4.77. The van der Waals surface area contributed by atoms with Gasteiger partial charge in [0.2, 0.25) is 0 Å². The molecule has 0 aliphatic rings. The van der Waals surface area contributed by atoms with E-state index in [-0.39, 0.29) is 0 Å². The Bertz CT molecular complexity index is 205. The van der Waals surface area contributed by atoms with E-state index in [1.54, 1.807) is 0 Å². The number of nitrogens with two attached hydrogens (primary N) is 1. The Balaban J connectivity index is 2.66. The molecule has 1 radical (unpaired) electrons. The van der Waals surface area contributed by atoms with Crippen LogP contribution in [-0.4, -0.2) is 6.54 Å². The van der Waals surface area contributed by atoms with Crippen LogP contribution < -0.4 is 10.5 Å². The van der Waals surface area contributed by atoms with Crippen LogP contribution in [-0.2, 0) is 6.42 Å². The average Bonchev–Trinajstić information content (AvgIpc) is 2.07. The van der Waals surface area contributed by atoms with Crippen molar-refractivity contribution in [1.82, 2.24) is 0 Å². The Hall–Kier alpha value is -1.02. The van der Waals surface area contributed by atoms with Gasteiger partial charge >= 0.3 is 0 Å². The Morgan fingerprint density at radius 1 is 1.27 bits per heavy atom. The maximum absolute atomic E-state index is 5.39. The van der Waals surface area contributed by atoms with Crippen molar-refractivity contribution in [3.8, 4) is 5.75 Å². The van der Waals surface area contributed by atoms with Crippen LogP contribution in [0, 0.1) is 7.11 Å². The molecule has 2 nitrogen and oxygen atoms in total. The quantitative estimate of drug-likeness (QED) is 0.706. The molecule has 0 unspecified atom stereocenters. The van der Waals surface area contributed by atoms with Crippen molar-refractivity contribution in [2.24, 2.45) is 5.73 Å². The Morgan fingerprint density at radius 3 is 2.36 bits per heavy atom. The second-order valence-electron chi connectivity index (χ2n) is 2.33. The summed E-state index contributed by atoms with van der Waals surface area (Å²) in [7, 11) is 3.31. The molecule has 0 spiro atoms. The van der Waals surface area contributed by atoms with Crippen molar-refractivity contribution >= 4 is 0 Å². The molecule has 0 saturated heterocycles. The van der Waals surface area contributed by atoms with Gasteiger partial charge < -0.3 is 10.5 Å². The predicted octanol–water partition coefficient (Wildman–Crippen LogP) is 1.36. The van der Waals surface area contributed by atoms with Gasteiger partial charge in [-0.25, -0.2) is 0 Å². The Kier molecular flexibility index (Phi) is 2.93. The number of benzene rings is 1. The summed E-state index contributed by atoms with van der Waals surface area (Å²) >= 11 is 0. The molecule has 0 aromatic heterocycles. The summed E-state index contributed by atoms with van der Waals surface area (Å²) in [5.41, 5.74) is 6.62. The van der Waals surface area contributed by atoms with Crippen molar-refractivity contribution in [3.05, 3.63) is 36.9 Å². The van der Waals surface area contributed by atoms with Gasteiger partial charge in [-0.2, -0.15) is 0 Å². The van der Waals surface area contributed by atoms with Gasteiger partial charge in [0.25, 0.3) is 0 Å². The maximum atomic E-state index is 5.39. The van der Waals surface area contributed by atoms with E-state index in [1.807, 2.05) is 24.3 Å². The third-order valence-corrected chi connectivity index (χ3v) is 1.52. The summed E-state index contributed by atoms with van der Waals surface area (Å²) in [6.07, 6.45) is 0.914. The lowest BCUT2D eigenvalue weighted by Gasteiger charge is -2.00. The summed E-state index contributed by atoms with van der Waals surface area (Å²) in [5, 5.41) is 0. The molecule has 0 aliphatic carbocycles. The van der Waals surface area contributed by atoms with Crippen molar-refractivity contribution in [2.75, 3.05) is 6.54 Å². The summed E-state index contributed by atoms with van der Waals surface area (Å²) in [6, 6.07) is 7.76. The average molecular weight is 150 g/mol. The van der Waals surface area contributed by atoms with Crippen LogP contribution in [0.1, 0.15) is 5.56 Å². The smallest absolute Gasteiger partial charge is 0.122 e. The minimum absolute atomic E-state index is 0.685. The van der Waals surface area contributed by atoms with E-state index in [0.29, 0.717) is 6.54 Å². The fraction of sp³-hybridized carbons (Fsp3) is 0.222. The zero-order valence-electron chi connectivity index (χ0n) is 6.42.